The van der Waals surface area contributed by atoms with E-state index in [9.17, 15) is 13.2 Å². The molecule has 0 fully saturated rings. The van der Waals surface area contributed by atoms with E-state index in [1.165, 1.54) is 73.9 Å². The molecule has 0 saturated heterocycles. The van der Waals surface area contributed by atoms with Gasteiger partial charge in [-0.25, -0.2) is 13.2 Å². The van der Waals surface area contributed by atoms with Crippen molar-refractivity contribution in [3.63, 3.8) is 0 Å². The minimum absolute atomic E-state index is 0. The Morgan fingerprint density at radius 1 is 0.500 bits per heavy atom. The van der Waals surface area contributed by atoms with Gasteiger partial charge in [0.25, 0.3) is 0 Å². The van der Waals surface area contributed by atoms with E-state index in [1.807, 2.05) is 0 Å². The fourth-order valence-corrected chi connectivity index (χ4v) is 1.10. The third-order valence-electron chi connectivity index (χ3n) is 2.03. The monoisotopic (exact) mass is 476 g/mol. The second-order valence-corrected chi connectivity index (χ2v) is 3.65. The second-order valence-electron chi connectivity index (χ2n) is 3.65. The van der Waals surface area contributed by atoms with Crippen LogP contribution in [0.15, 0.2) is 89.4 Å². The van der Waals surface area contributed by atoms with E-state index in [0.717, 1.165) is 0 Å². The Labute approximate surface area is 170 Å². The molecule has 0 spiro atoms. The van der Waals surface area contributed by atoms with Crippen molar-refractivity contribution in [2.75, 3.05) is 0 Å². The van der Waals surface area contributed by atoms with Gasteiger partial charge in [-0.1, -0.05) is 0 Å². The summed E-state index contributed by atoms with van der Waals surface area (Å²) in [6, 6.07) is 0. The first-order chi connectivity index (χ1) is 10.2. The summed E-state index contributed by atoms with van der Waals surface area (Å²) in [5.74, 6) is -0.628. The molecule has 3 aliphatic carbocycles. The normalized spacial score (nSPS) is 14.9. The molecule has 6 radical (unpaired) electrons. The van der Waals surface area contributed by atoms with Crippen molar-refractivity contribution in [3.05, 3.63) is 109 Å². The molecule has 3 aliphatic rings. The summed E-state index contributed by atoms with van der Waals surface area (Å²) in [4.78, 5) is 0. The van der Waals surface area contributed by atoms with Gasteiger partial charge in [-0.15, -0.1) is 17.2 Å². The van der Waals surface area contributed by atoms with Crippen LogP contribution in [-0.4, -0.2) is 24.4 Å². The summed E-state index contributed by atoms with van der Waals surface area (Å²) < 4.78 is 35.7. The van der Waals surface area contributed by atoms with E-state index < -0.39 is 0 Å². The summed E-state index contributed by atoms with van der Waals surface area (Å²) in [5, 5.41) is 0. The van der Waals surface area contributed by atoms with Crippen LogP contribution in [0, 0.1) is 19.3 Å². The second kappa shape index (κ2) is 18.3. The zero-order valence-corrected chi connectivity index (χ0v) is 16.3. The summed E-state index contributed by atoms with van der Waals surface area (Å²) >= 11 is 0. The average Bonchev–Trinajstić information content (AvgIpc) is 2.51. The first kappa shape index (κ1) is 27.8. The van der Waals surface area contributed by atoms with E-state index in [1.54, 1.807) is 0 Å². The van der Waals surface area contributed by atoms with Crippen LogP contribution in [0.25, 0.3) is 0 Å². The smallest absolute Gasteiger partial charge is 0.109 e. The zero-order chi connectivity index (χ0) is 15.3. The molecule has 24 heavy (non-hydrogen) atoms. The van der Waals surface area contributed by atoms with Crippen molar-refractivity contribution >= 4 is 24.4 Å². The van der Waals surface area contributed by atoms with Crippen molar-refractivity contribution in [2.24, 2.45) is 0 Å². The Bertz CT molecular complexity index is 549. The molecule has 6 heteroatoms. The maximum Gasteiger partial charge on any atom is 0.109 e. The molecule has 0 bridgehead atoms. The van der Waals surface area contributed by atoms with Crippen LogP contribution in [0.1, 0.15) is 0 Å². The molecule has 0 aromatic heterocycles. The van der Waals surface area contributed by atoms with Crippen LogP contribution >= 0.6 is 0 Å². The fourth-order valence-electron chi connectivity index (χ4n) is 1.10. The van der Waals surface area contributed by atoms with Gasteiger partial charge in [-0.3, -0.25) is 0 Å². The molecule has 0 heterocycles. The van der Waals surface area contributed by atoms with Crippen molar-refractivity contribution in [2.45, 2.75) is 0 Å². The molecule has 0 saturated carbocycles. The van der Waals surface area contributed by atoms with Crippen LogP contribution in [0.5, 0.6) is 0 Å². The molecule has 0 aliphatic heterocycles. The third kappa shape index (κ3) is 15.8. The molecule has 0 aromatic carbocycles. The molecule has 126 valence electrons. The van der Waals surface area contributed by atoms with Gasteiger partial charge in [0.15, 0.2) is 0 Å². The first-order valence-electron chi connectivity index (χ1n) is 6.03. The van der Waals surface area contributed by atoms with Gasteiger partial charge >= 0.3 is 0 Å². The van der Waals surface area contributed by atoms with Crippen molar-refractivity contribution in [3.8, 4) is 0 Å². The van der Waals surface area contributed by atoms with E-state index in [-0.39, 0.29) is 66.7 Å². The number of hydrogen-bond acceptors (Lipinski definition) is 0. The van der Waals surface area contributed by atoms with Crippen LogP contribution in [0.2, 0.25) is 0 Å². The van der Waals surface area contributed by atoms with Gasteiger partial charge in [0.05, 0.1) is 0 Å². The molecule has 0 N–H and O–H groups in total. The summed E-state index contributed by atoms with van der Waals surface area (Å²) in [6.07, 6.45) is 17.4. The number of rotatable bonds is 0. The predicted molar refractivity (Wildman–Crippen MR) is 84.2 cm³/mol. The third-order valence-corrected chi connectivity index (χ3v) is 2.03. The predicted octanol–water partition coefficient (Wildman–Crippen LogP) is -1.07. The van der Waals surface area contributed by atoms with E-state index in [0.29, 0.717) is 0 Å². The molecular weight excluding hydrogens is 466 g/mol. The molecule has 0 aromatic rings. The molecule has 0 amide bonds. The SMILES string of the molecule is FC1=CC=C=C[CH]1.FC1=CC=C=C[CH]1.FC1=CC=C=C[CH]1.[Cl-].[Cl-].[Sb]. The topological polar surface area (TPSA) is 0 Å². The van der Waals surface area contributed by atoms with Crippen LogP contribution in [-0.2, 0) is 0 Å². The number of hydrogen-bond donors (Lipinski definition) is 0. The maximum atomic E-state index is 11.9. The molecule has 0 nitrogen and oxygen atoms in total. The van der Waals surface area contributed by atoms with Gasteiger partial charge in [0, 0.05) is 43.7 Å². The van der Waals surface area contributed by atoms with Gasteiger partial charge in [0.2, 0.25) is 0 Å². The van der Waals surface area contributed by atoms with E-state index in [4.69, 9.17) is 0 Å². The van der Waals surface area contributed by atoms with Gasteiger partial charge in [0.1, 0.15) is 17.5 Å². The van der Waals surface area contributed by atoms with Crippen LogP contribution in [0.3, 0.4) is 0 Å². The summed E-state index contributed by atoms with van der Waals surface area (Å²) in [7, 11) is 0. The Balaban J connectivity index is -0.000000259. The standard InChI is InChI=1S/3C6H4F.2ClH.Sb/c3*7-6-4-2-1-3-5-6;;;/h3*2-5H;2*1H;/p-2. The maximum absolute atomic E-state index is 11.9. The van der Waals surface area contributed by atoms with Gasteiger partial charge in [-0.05, 0) is 54.7 Å². The first-order valence-corrected chi connectivity index (χ1v) is 6.03. The number of allylic oxidation sites excluding steroid dienone is 9. The van der Waals surface area contributed by atoms with Crippen molar-refractivity contribution in [1.82, 2.24) is 0 Å². The van der Waals surface area contributed by atoms with Crippen LogP contribution < -0.4 is 24.8 Å². The Hall–Kier alpha value is -1.03. The Kier molecular flexibility index (Phi) is 21.2. The largest absolute Gasteiger partial charge is 1.00 e. The number of halogens is 5. The minimum Gasteiger partial charge on any atom is -1.00 e. The molecule has 0 atom stereocenters. The molecule has 3 rings (SSSR count). The molecular formula is C18H12Cl2F3Sb-2. The molecule has 0 unspecified atom stereocenters. The van der Waals surface area contributed by atoms with Crippen LogP contribution in [0.4, 0.5) is 13.2 Å². The van der Waals surface area contributed by atoms with E-state index in [2.05, 4.69) is 17.2 Å². The van der Waals surface area contributed by atoms with Crippen molar-refractivity contribution in [1.29, 1.82) is 0 Å². The average molecular weight is 478 g/mol. The Morgan fingerprint density at radius 2 is 0.750 bits per heavy atom. The quantitative estimate of drug-likeness (QED) is 0.308. The minimum atomic E-state index is -0.209. The van der Waals surface area contributed by atoms with Gasteiger partial charge < -0.3 is 24.8 Å². The Morgan fingerprint density at radius 3 is 0.833 bits per heavy atom. The summed E-state index contributed by atoms with van der Waals surface area (Å²) in [6.45, 7) is 0. The zero-order valence-electron chi connectivity index (χ0n) is 12.3. The fraction of sp³-hybridized carbons (Fsp3) is 0. The van der Waals surface area contributed by atoms with Gasteiger partial charge in [-0.2, -0.15) is 0 Å². The van der Waals surface area contributed by atoms with E-state index >= 15 is 0 Å². The summed E-state index contributed by atoms with van der Waals surface area (Å²) in [5.41, 5.74) is 8.08. The van der Waals surface area contributed by atoms with Crippen molar-refractivity contribution < 1.29 is 38.0 Å².